The topological polar surface area (TPSA) is 9.23 Å². The summed E-state index contributed by atoms with van der Waals surface area (Å²) < 4.78 is 20.5. The third-order valence-corrected chi connectivity index (χ3v) is 6.69. The van der Waals surface area contributed by atoms with E-state index in [1.165, 1.54) is 77.0 Å². The van der Waals surface area contributed by atoms with Crippen molar-refractivity contribution in [1.82, 2.24) is 0 Å². The molecule has 0 bridgehead atoms. The fourth-order valence-electron chi connectivity index (χ4n) is 4.92. The number of para-hydroxylation sites is 1. The molecule has 1 aliphatic carbocycles. The zero-order valence-electron chi connectivity index (χ0n) is 18.4. The molecule has 0 spiro atoms. The smallest absolute Gasteiger partial charge is 0.134 e. The van der Waals surface area contributed by atoms with Crippen LogP contribution in [0.3, 0.4) is 0 Å². The third kappa shape index (κ3) is 8.97. The quantitative estimate of drug-likeness (QED) is 0.290. The van der Waals surface area contributed by atoms with E-state index in [2.05, 4.69) is 13.8 Å². The summed E-state index contributed by atoms with van der Waals surface area (Å²) in [6.45, 7) is 4.74. The van der Waals surface area contributed by atoms with Crippen LogP contribution in [0.2, 0.25) is 0 Å². The predicted octanol–water partition coefficient (Wildman–Crippen LogP) is 8.38. The average Bonchev–Trinajstić information content (AvgIpc) is 2.74. The van der Waals surface area contributed by atoms with E-state index in [1.54, 1.807) is 0 Å². The van der Waals surface area contributed by atoms with Crippen molar-refractivity contribution in [2.24, 2.45) is 17.8 Å². The second-order valence-electron chi connectivity index (χ2n) is 8.99. The standard InChI is InChI=1S/C26H43FO/c1-3-5-7-9-13-24(23-18-16-22(17-19-23)12-6-4-2)20-25(27)21-28-26-14-10-8-11-15-26/h8,10-11,14-15,22-25H,3-7,9,12-13,16-21H2,1-2H3/t22-,23-,24?,25?. The van der Waals surface area contributed by atoms with Crippen LogP contribution in [0.5, 0.6) is 5.75 Å². The Morgan fingerprint density at radius 1 is 0.929 bits per heavy atom. The van der Waals surface area contributed by atoms with Crippen LogP contribution in [-0.4, -0.2) is 12.8 Å². The van der Waals surface area contributed by atoms with Crippen LogP contribution in [0.15, 0.2) is 30.3 Å². The minimum Gasteiger partial charge on any atom is -0.491 e. The summed E-state index contributed by atoms with van der Waals surface area (Å²) in [4.78, 5) is 0. The van der Waals surface area contributed by atoms with Gasteiger partial charge in [-0.15, -0.1) is 0 Å². The highest BCUT2D eigenvalue weighted by molar-refractivity contribution is 5.20. The van der Waals surface area contributed by atoms with Crippen molar-refractivity contribution in [2.45, 2.75) is 103 Å². The Morgan fingerprint density at radius 2 is 1.64 bits per heavy atom. The number of hydrogen-bond donors (Lipinski definition) is 0. The second-order valence-corrected chi connectivity index (χ2v) is 8.99. The summed E-state index contributed by atoms with van der Waals surface area (Å²) >= 11 is 0. The summed E-state index contributed by atoms with van der Waals surface area (Å²) in [5.74, 6) is 2.98. The second kappa shape index (κ2) is 14.0. The molecule has 1 nitrogen and oxygen atoms in total. The molecule has 1 fully saturated rings. The van der Waals surface area contributed by atoms with Gasteiger partial charge in [-0.3, -0.25) is 0 Å². The maximum Gasteiger partial charge on any atom is 0.134 e. The summed E-state index contributed by atoms with van der Waals surface area (Å²) in [5, 5.41) is 0. The number of hydrogen-bond acceptors (Lipinski definition) is 1. The normalized spacial score (nSPS) is 22.0. The lowest BCUT2D eigenvalue weighted by Crippen LogP contribution is -2.26. The molecule has 0 amide bonds. The van der Waals surface area contributed by atoms with Gasteiger partial charge in [-0.1, -0.05) is 96.3 Å². The molecule has 2 atom stereocenters. The van der Waals surface area contributed by atoms with E-state index in [1.807, 2.05) is 30.3 Å². The van der Waals surface area contributed by atoms with Gasteiger partial charge in [0.25, 0.3) is 0 Å². The number of alkyl halides is 1. The zero-order valence-corrected chi connectivity index (χ0v) is 18.4. The first-order valence-corrected chi connectivity index (χ1v) is 12.0. The first-order valence-electron chi connectivity index (χ1n) is 12.0. The maximum absolute atomic E-state index is 14.8. The van der Waals surface area contributed by atoms with Crippen molar-refractivity contribution in [1.29, 1.82) is 0 Å². The van der Waals surface area contributed by atoms with Gasteiger partial charge in [0, 0.05) is 0 Å². The molecule has 0 radical (unpaired) electrons. The van der Waals surface area contributed by atoms with Gasteiger partial charge < -0.3 is 4.74 Å². The van der Waals surface area contributed by atoms with E-state index in [0.717, 1.165) is 17.6 Å². The molecule has 28 heavy (non-hydrogen) atoms. The van der Waals surface area contributed by atoms with Gasteiger partial charge >= 0.3 is 0 Å². The van der Waals surface area contributed by atoms with Crippen molar-refractivity contribution in [3.05, 3.63) is 30.3 Å². The van der Waals surface area contributed by atoms with Crippen LogP contribution in [0.4, 0.5) is 4.39 Å². The molecular formula is C26H43FO. The van der Waals surface area contributed by atoms with Gasteiger partial charge in [0.05, 0.1) is 0 Å². The van der Waals surface area contributed by atoms with Crippen LogP contribution in [0.1, 0.15) is 97.3 Å². The molecular weight excluding hydrogens is 347 g/mol. The van der Waals surface area contributed by atoms with E-state index >= 15 is 0 Å². The Kier molecular flexibility index (Phi) is 11.6. The Morgan fingerprint density at radius 3 is 2.32 bits per heavy atom. The lowest BCUT2D eigenvalue weighted by atomic mass is 9.72. The van der Waals surface area contributed by atoms with Gasteiger partial charge in [0.2, 0.25) is 0 Å². The molecule has 160 valence electrons. The fourth-order valence-corrected chi connectivity index (χ4v) is 4.92. The molecule has 2 heteroatoms. The molecule has 1 aliphatic rings. The summed E-state index contributed by atoms with van der Waals surface area (Å²) in [6, 6.07) is 9.66. The molecule has 0 heterocycles. The molecule has 2 rings (SSSR count). The molecule has 0 aromatic heterocycles. The van der Waals surface area contributed by atoms with Gasteiger partial charge in [0.1, 0.15) is 18.5 Å². The zero-order chi connectivity index (χ0) is 20.0. The van der Waals surface area contributed by atoms with Crippen molar-refractivity contribution < 1.29 is 9.13 Å². The monoisotopic (exact) mass is 390 g/mol. The predicted molar refractivity (Wildman–Crippen MR) is 119 cm³/mol. The van der Waals surface area contributed by atoms with Crippen LogP contribution < -0.4 is 4.74 Å². The summed E-state index contributed by atoms with van der Waals surface area (Å²) in [6.07, 6.45) is 15.6. The Bertz CT molecular complexity index is 480. The third-order valence-electron chi connectivity index (χ3n) is 6.69. The Labute approximate surface area is 173 Å². The van der Waals surface area contributed by atoms with E-state index < -0.39 is 6.17 Å². The number of halogens is 1. The van der Waals surface area contributed by atoms with E-state index in [-0.39, 0.29) is 6.61 Å². The number of unbranched alkanes of at least 4 members (excludes halogenated alkanes) is 4. The first-order chi connectivity index (χ1) is 13.7. The van der Waals surface area contributed by atoms with E-state index in [0.29, 0.717) is 12.3 Å². The van der Waals surface area contributed by atoms with E-state index in [9.17, 15) is 4.39 Å². The van der Waals surface area contributed by atoms with Crippen molar-refractivity contribution >= 4 is 0 Å². The van der Waals surface area contributed by atoms with Crippen LogP contribution in [0.25, 0.3) is 0 Å². The highest BCUT2D eigenvalue weighted by Gasteiger charge is 2.29. The molecule has 1 saturated carbocycles. The fraction of sp³-hybridized carbons (Fsp3) is 0.769. The lowest BCUT2D eigenvalue weighted by Gasteiger charge is -2.35. The molecule has 0 N–H and O–H groups in total. The maximum atomic E-state index is 14.8. The highest BCUT2D eigenvalue weighted by Crippen LogP contribution is 2.39. The van der Waals surface area contributed by atoms with Gasteiger partial charge in [0.15, 0.2) is 0 Å². The minimum atomic E-state index is -0.853. The molecule has 1 aromatic rings. The van der Waals surface area contributed by atoms with Gasteiger partial charge in [-0.05, 0) is 49.1 Å². The van der Waals surface area contributed by atoms with Crippen LogP contribution in [-0.2, 0) is 0 Å². The van der Waals surface area contributed by atoms with Crippen LogP contribution >= 0.6 is 0 Å². The molecule has 2 unspecified atom stereocenters. The van der Waals surface area contributed by atoms with Crippen molar-refractivity contribution in [2.75, 3.05) is 6.61 Å². The molecule has 0 aliphatic heterocycles. The number of benzene rings is 1. The molecule has 1 aromatic carbocycles. The minimum absolute atomic E-state index is 0.196. The summed E-state index contributed by atoms with van der Waals surface area (Å²) in [5.41, 5.74) is 0. The molecule has 0 saturated heterocycles. The number of rotatable bonds is 14. The Hall–Kier alpha value is -1.05. The van der Waals surface area contributed by atoms with Gasteiger partial charge in [-0.25, -0.2) is 4.39 Å². The van der Waals surface area contributed by atoms with Crippen molar-refractivity contribution in [3.8, 4) is 5.75 Å². The lowest BCUT2D eigenvalue weighted by molar-refractivity contribution is 0.118. The van der Waals surface area contributed by atoms with Gasteiger partial charge in [-0.2, -0.15) is 0 Å². The van der Waals surface area contributed by atoms with Crippen molar-refractivity contribution in [3.63, 3.8) is 0 Å². The van der Waals surface area contributed by atoms with Crippen LogP contribution in [0, 0.1) is 17.8 Å². The highest BCUT2D eigenvalue weighted by atomic mass is 19.1. The SMILES string of the molecule is CCCCCCC(CC(F)COc1ccccc1)[C@H]1CC[C@H](CCCC)CC1. The average molecular weight is 391 g/mol. The van der Waals surface area contributed by atoms with E-state index in [4.69, 9.17) is 4.74 Å². The Balaban J connectivity index is 1.80. The largest absolute Gasteiger partial charge is 0.491 e. The summed E-state index contributed by atoms with van der Waals surface area (Å²) in [7, 11) is 0. The number of ether oxygens (including phenoxy) is 1. The first kappa shape index (κ1) is 23.2.